The van der Waals surface area contributed by atoms with Gasteiger partial charge in [0.05, 0.1) is 12.0 Å². The molecule has 1 aromatic carbocycles. The lowest BCUT2D eigenvalue weighted by atomic mass is 10.2. The van der Waals surface area contributed by atoms with Gasteiger partial charge in [-0.2, -0.15) is 5.10 Å². The molecule has 0 radical (unpaired) electrons. The lowest BCUT2D eigenvalue weighted by molar-refractivity contribution is 0.579. The summed E-state index contributed by atoms with van der Waals surface area (Å²) >= 11 is 0. The van der Waals surface area contributed by atoms with Crippen LogP contribution in [0.15, 0.2) is 47.1 Å². The van der Waals surface area contributed by atoms with Gasteiger partial charge in [-0.3, -0.25) is 0 Å². The molecule has 0 atom stereocenters. The van der Waals surface area contributed by atoms with Crippen molar-refractivity contribution in [2.24, 2.45) is 0 Å². The minimum Gasteiger partial charge on any atom is -0.463 e. The van der Waals surface area contributed by atoms with Crippen LogP contribution in [0, 0.1) is 12.7 Å². The van der Waals surface area contributed by atoms with Crippen molar-refractivity contribution in [3.05, 3.63) is 54.0 Å². The Morgan fingerprint density at radius 1 is 1.26 bits per heavy atom. The number of nitrogens with zero attached hydrogens (tertiary/aromatic N) is 2. The van der Waals surface area contributed by atoms with E-state index < -0.39 is 0 Å². The van der Waals surface area contributed by atoms with Crippen LogP contribution in [-0.2, 0) is 0 Å². The molecule has 19 heavy (non-hydrogen) atoms. The molecule has 0 fully saturated rings. The molecule has 3 aromatic rings. The lowest BCUT2D eigenvalue weighted by Crippen LogP contribution is -2.03. The summed E-state index contributed by atoms with van der Waals surface area (Å²) in [7, 11) is 0. The van der Waals surface area contributed by atoms with E-state index in [2.05, 4.69) is 5.10 Å². The second kappa shape index (κ2) is 4.28. The summed E-state index contributed by atoms with van der Waals surface area (Å²) in [6.45, 7) is 1.81. The summed E-state index contributed by atoms with van der Waals surface area (Å²) in [5, 5.41) is 4.39. The Labute approximate surface area is 109 Å². The van der Waals surface area contributed by atoms with E-state index in [1.54, 1.807) is 29.1 Å². The molecule has 0 saturated carbocycles. The Balaban J connectivity index is 2.11. The summed E-state index contributed by atoms with van der Waals surface area (Å²) in [5.41, 5.74) is 8.11. The largest absolute Gasteiger partial charge is 0.463 e. The van der Waals surface area contributed by atoms with Crippen LogP contribution in [0.25, 0.3) is 17.1 Å². The number of nitrogens with two attached hydrogens (primary N) is 1. The molecule has 3 rings (SSSR count). The molecule has 0 bridgehead atoms. The van der Waals surface area contributed by atoms with Gasteiger partial charge >= 0.3 is 0 Å². The van der Waals surface area contributed by atoms with Gasteiger partial charge in [0, 0.05) is 6.07 Å². The SMILES string of the molecule is Cc1cc(F)ccc1-n1nc(-c2ccco2)cc1N. The van der Waals surface area contributed by atoms with E-state index >= 15 is 0 Å². The minimum absolute atomic E-state index is 0.279. The van der Waals surface area contributed by atoms with Crippen LogP contribution in [0.5, 0.6) is 0 Å². The summed E-state index contributed by atoms with van der Waals surface area (Å²) in [5.74, 6) is 0.838. The zero-order chi connectivity index (χ0) is 13.4. The average molecular weight is 257 g/mol. The highest BCUT2D eigenvalue weighted by atomic mass is 19.1. The Morgan fingerprint density at radius 2 is 2.11 bits per heavy atom. The summed E-state index contributed by atoms with van der Waals surface area (Å²) in [6.07, 6.45) is 1.58. The summed E-state index contributed by atoms with van der Waals surface area (Å²) in [6, 6.07) is 9.80. The number of rotatable bonds is 2. The van der Waals surface area contributed by atoms with Crippen molar-refractivity contribution in [3.63, 3.8) is 0 Å². The second-order valence-electron chi connectivity index (χ2n) is 4.27. The molecule has 0 saturated heterocycles. The maximum absolute atomic E-state index is 13.1. The van der Waals surface area contributed by atoms with Crippen LogP contribution in [-0.4, -0.2) is 9.78 Å². The summed E-state index contributed by atoms with van der Waals surface area (Å²) in [4.78, 5) is 0. The number of benzene rings is 1. The van der Waals surface area contributed by atoms with Crippen molar-refractivity contribution in [1.29, 1.82) is 0 Å². The molecule has 0 aliphatic heterocycles. The minimum atomic E-state index is -0.279. The molecule has 2 N–H and O–H groups in total. The Morgan fingerprint density at radius 3 is 2.79 bits per heavy atom. The van der Waals surface area contributed by atoms with E-state index in [4.69, 9.17) is 10.2 Å². The van der Waals surface area contributed by atoms with E-state index in [-0.39, 0.29) is 5.82 Å². The zero-order valence-electron chi connectivity index (χ0n) is 10.3. The van der Waals surface area contributed by atoms with Crippen LogP contribution in [0.1, 0.15) is 5.56 Å². The van der Waals surface area contributed by atoms with Gasteiger partial charge in [-0.15, -0.1) is 0 Å². The first-order valence-electron chi connectivity index (χ1n) is 5.81. The van der Waals surface area contributed by atoms with Crippen LogP contribution >= 0.6 is 0 Å². The number of aryl methyl sites for hydroxylation is 1. The molecule has 0 unspecified atom stereocenters. The third-order valence-corrected chi connectivity index (χ3v) is 2.90. The number of anilines is 1. The molecule has 4 nitrogen and oxygen atoms in total. The monoisotopic (exact) mass is 257 g/mol. The third kappa shape index (κ3) is 1.99. The first-order chi connectivity index (χ1) is 9.15. The normalized spacial score (nSPS) is 10.8. The summed E-state index contributed by atoms with van der Waals surface area (Å²) < 4.78 is 20.0. The van der Waals surface area contributed by atoms with Gasteiger partial charge in [0.1, 0.15) is 17.3 Å². The molecular formula is C14H12FN3O. The van der Waals surface area contributed by atoms with E-state index in [1.165, 1.54) is 12.1 Å². The maximum Gasteiger partial charge on any atom is 0.154 e. The van der Waals surface area contributed by atoms with E-state index in [1.807, 2.05) is 13.0 Å². The zero-order valence-corrected chi connectivity index (χ0v) is 10.3. The number of nitrogen functional groups attached to an aromatic ring is 1. The van der Waals surface area contributed by atoms with Crippen LogP contribution in [0.4, 0.5) is 10.2 Å². The molecule has 0 spiro atoms. The topological polar surface area (TPSA) is 57.0 Å². The highest BCUT2D eigenvalue weighted by Crippen LogP contribution is 2.24. The number of furan rings is 1. The number of halogens is 1. The molecular weight excluding hydrogens is 245 g/mol. The van der Waals surface area contributed by atoms with Crippen molar-refractivity contribution in [3.8, 4) is 17.1 Å². The predicted octanol–water partition coefficient (Wildman–Crippen LogP) is 3.16. The Kier molecular flexibility index (Phi) is 2.59. The van der Waals surface area contributed by atoms with Crippen molar-refractivity contribution in [1.82, 2.24) is 9.78 Å². The smallest absolute Gasteiger partial charge is 0.154 e. The van der Waals surface area contributed by atoms with Crippen molar-refractivity contribution >= 4 is 5.82 Å². The number of aromatic nitrogens is 2. The van der Waals surface area contributed by atoms with E-state index in [9.17, 15) is 4.39 Å². The predicted molar refractivity (Wildman–Crippen MR) is 70.4 cm³/mol. The fraction of sp³-hybridized carbons (Fsp3) is 0.0714. The highest BCUT2D eigenvalue weighted by molar-refractivity contribution is 5.59. The van der Waals surface area contributed by atoms with Crippen LogP contribution < -0.4 is 5.73 Å². The third-order valence-electron chi connectivity index (χ3n) is 2.90. The van der Waals surface area contributed by atoms with Gasteiger partial charge < -0.3 is 10.2 Å². The molecule has 96 valence electrons. The van der Waals surface area contributed by atoms with Crippen molar-refractivity contribution in [2.75, 3.05) is 5.73 Å². The van der Waals surface area contributed by atoms with E-state index in [0.717, 1.165) is 11.3 Å². The molecule has 5 heteroatoms. The quantitative estimate of drug-likeness (QED) is 0.767. The fourth-order valence-electron chi connectivity index (χ4n) is 1.99. The Hall–Kier alpha value is -2.56. The first kappa shape index (κ1) is 11.5. The van der Waals surface area contributed by atoms with E-state index in [0.29, 0.717) is 17.3 Å². The van der Waals surface area contributed by atoms with Gasteiger partial charge in [-0.1, -0.05) is 0 Å². The second-order valence-corrected chi connectivity index (χ2v) is 4.27. The molecule has 0 aliphatic carbocycles. The molecule has 2 heterocycles. The molecule has 0 aliphatic rings. The lowest BCUT2D eigenvalue weighted by Gasteiger charge is -2.07. The molecule has 0 amide bonds. The van der Waals surface area contributed by atoms with Crippen molar-refractivity contribution in [2.45, 2.75) is 6.92 Å². The van der Waals surface area contributed by atoms with Crippen LogP contribution in [0.3, 0.4) is 0 Å². The van der Waals surface area contributed by atoms with Gasteiger partial charge in [-0.05, 0) is 42.8 Å². The average Bonchev–Trinajstić information content (AvgIpc) is 2.98. The Bertz CT molecular complexity index is 716. The number of hydrogen-bond acceptors (Lipinski definition) is 3. The van der Waals surface area contributed by atoms with Gasteiger partial charge in [0.25, 0.3) is 0 Å². The number of hydrogen-bond donors (Lipinski definition) is 1. The fourth-order valence-corrected chi connectivity index (χ4v) is 1.99. The standard InChI is InChI=1S/C14H12FN3O/c1-9-7-10(15)4-5-12(9)18-14(16)8-11(17-18)13-3-2-6-19-13/h2-8H,16H2,1H3. The van der Waals surface area contributed by atoms with Crippen LogP contribution in [0.2, 0.25) is 0 Å². The highest BCUT2D eigenvalue weighted by Gasteiger charge is 2.12. The van der Waals surface area contributed by atoms with Crippen molar-refractivity contribution < 1.29 is 8.81 Å². The van der Waals surface area contributed by atoms with Gasteiger partial charge in [0.2, 0.25) is 0 Å². The molecule has 2 aromatic heterocycles. The van der Waals surface area contributed by atoms with Gasteiger partial charge in [0.15, 0.2) is 5.76 Å². The van der Waals surface area contributed by atoms with Gasteiger partial charge in [-0.25, -0.2) is 9.07 Å². The first-order valence-corrected chi connectivity index (χ1v) is 5.81. The maximum atomic E-state index is 13.1.